The molecule has 0 saturated carbocycles. The van der Waals surface area contributed by atoms with E-state index in [-0.39, 0.29) is 35.1 Å². The van der Waals surface area contributed by atoms with Crippen molar-refractivity contribution in [1.29, 1.82) is 5.26 Å². The minimum atomic E-state index is -0.571. The molecule has 31 heavy (non-hydrogen) atoms. The minimum Gasteiger partial charge on any atom is -0.340 e. The fraction of sp³-hybridized carbons (Fsp3) is 0.640. The second kappa shape index (κ2) is 10.3. The van der Waals surface area contributed by atoms with E-state index < -0.39 is 6.04 Å². The lowest BCUT2D eigenvalue weighted by Gasteiger charge is -2.39. The van der Waals surface area contributed by atoms with Crippen molar-refractivity contribution in [3.05, 3.63) is 35.4 Å². The topological polar surface area (TPSA) is 76.4 Å². The highest BCUT2D eigenvalue weighted by molar-refractivity contribution is 5.97. The van der Waals surface area contributed by atoms with Crippen LogP contribution in [-0.2, 0) is 10.2 Å². The molecule has 0 radical (unpaired) electrons. The number of nitriles is 1. The molecule has 2 unspecified atom stereocenters. The number of nitrogens with one attached hydrogen (secondary N) is 1. The monoisotopic (exact) mass is 426 g/mol. The second-order valence-corrected chi connectivity index (χ2v) is 10.2. The van der Waals surface area contributed by atoms with Crippen molar-refractivity contribution in [3.8, 4) is 6.07 Å². The van der Waals surface area contributed by atoms with Crippen LogP contribution in [0.1, 0.15) is 64.4 Å². The van der Waals surface area contributed by atoms with Gasteiger partial charge in [0.25, 0.3) is 5.91 Å². The summed E-state index contributed by atoms with van der Waals surface area (Å²) >= 11 is 0. The number of amides is 2. The molecular weight excluding hydrogens is 388 g/mol. The average Bonchev–Trinajstić information content (AvgIpc) is 2.71. The number of carbonyl (C=O) groups excluding carboxylic acids is 2. The lowest BCUT2D eigenvalue weighted by atomic mass is 9.86. The molecule has 1 fully saturated rings. The van der Waals surface area contributed by atoms with E-state index in [4.69, 9.17) is 0 Å². The summed E-state index contributed by atoms with van der Waals surface area (Å²) in [4.78, 5) is 30.0. The fourth-order valence-corrected chi connectivity index (χ4v) is 3.93. The van der Waals surface area contributed by atoms with Gasteiger partial charge in [-0.1, -0.05) is 60.6 Å². The van der Waals surface area contributed by atoms with Gasteiger partial charge in [-0.05, 0) is 34.9 Å². The molecule has 1 aliphatic rings. The van der Waals surface area contributed by atoms with Gasteiger partial charge in [0.05, 0.1) is 6.07 Å². The van der Waals surface area contributed by atoms with Crippen molar-refractivity contribution in [2.45, 2.75) is 66.0 Å². The Balaban J connectivity index is 2.03. The van der Waals surface area contributed by atoms with Gasteiger partial charge in [-0.2, -0.15) is 5.26 Å². The van der Waals surface area contributed by atoms with Crippen LogP contribution in [0.5, 0.6) is 0 Å². The van der Waals surface area contributed by atoms with Crippen LogP contribution in [0.25, 0.3) is 0 Å². The maximum absolute atomic E-state index is 13.2. The summed E-state index contributed by atoms with van der Waals surface area (Å²) in [6, 6.07) is 9.27. The van der Waals surface area contributed by atoms with Crippen LogP contribution in [0, 0.1) is 23.2 Å². The number of hydrogen-bond acceptors (Lipinski definition) is 4. The molecule has 0 aromatic heterocycles. The number of nitrogens with zero attached hydrogens (tertiary/aromatic N) is 3. The summed E-state index contributed by atoms with van der Waals surface area (Å²) in [5.74, 6) is -0.0478. The van der Waals surface area contributed by atoms with Crippen LogP contribution in [0.3, 0.4) is 0 Å². The zero-order valence-corrected chi connectivity index (χ0v) is 20.1. The van der Waals surface area contributed by atoms with E-state index in [1.165, 1.54) is 0 Å². The molecule has 6 heteroatoms. The Morgan fingerprint density at radius 3 is 1.94 bits per heavy atom. The van der Waals surface area contributed by atoms with Crippen molar-refractivity contribution >= 4 is 11.8 Å². The molecule has 2 atom stereocenters. The lowest BCUT2D eigenvalue weighted by molar-refractivity contribution is -0.136. The molecule has 1 aromatic rings. The molecule has 1 aromatic carbocycles. The standard InChI is InChI=1S/C25H38N4O2/c1-17(2)21(16-26)28-12-14-29(15-13-28)24(31)22(18(3)4)27-23(30)19-8-10-20(11-9-19)25(5,6)7/h8-11,17-18,21-22H,12-15H2,1-7H3,(H,27,30). The molecule has 0 bridgehead atoms. The van der Waals surface area contributed by atoms with Gasteiger partial charge in [-0.15, -0.1) is 0 Å². The SMILES string of the molecule is CC(C)C(NC(=O)c1ccc(C(C)(C)C)cc1)C(=O)N1CCN(C(C#N)C(C)C)CC1. The van der Waals surface area contributed by atoms with Gasteiger partial charge in [0.15, 0.2) is 0 Å². The van der Waals surface area contributed by atoms with Crippen LogP contribution < -0.4 is 5.32 Å². The first-order valence-electron chi connectivity index (χ1n) is 11.3. The predicted molar refractivity (Wildman–Crippen MR) is 124 cm³/mol. The zero-order valence-electron chi connectivity index (χ0n) is 20.1. The van der Waals surface area contributed by atoms with E-state index in [0.29, 0.717) is 31.7 Å². The van der Waals surface area contributed by atoms with E-state index in [1.807, 2.05) is 56.9 Å². The summed E-state index contributed by atoms with van der Waals surface area (Å²) < 4.78 is 0. The van der Waals surface area contributed by atoms with Gasteiger partial charge in [0.1, 0.15) is 12.1 Å². The third-order valence-corrected chi connectivity index (χ3v) is 6.02. The Bertz CT molecular complexity index is 794. The number of carbonyl (C=O) groups is 2. The molecule has 0 spiro atoms. The van der Waals surface area contributed by atoms with Crippen LogP contribution in [0.2, 0.25) is 0 Å². The highest BCUT2D eigenvalue weighted by atomic mass is 16.2. The third kappa shape index (κ3) is 6.30. The third-order valence-electron chi connectivity index (χ3n) is 6.02. The van der Waals surface area contributed by atoms with Gasteiger partial charge < -0.3 is 10.2 Å². The smallest absolute Gasteiger partial charge is 0.251 e. The van der Waals surface area contributed by atoms with Crippen LogP contribution >= 0.6 is 0 Å². The Hall–Kier alpha value is -2.39. The molecule has 6 nitrogen and oxygen atoms in total. The van der Waals surface area contributed by atoms with E-state index in [0.717, 1.165) is 5.56 Å². The normalized spacial score (nSPS) is 17.4. The Morgan fingerprint density at radius 1 is 0.968 bits per heavy atom. The first-order valence-corrected chi connectivity index (χ1v) is 11.3. The highest BCUT2D eigenvalue weighted by Gasteiger charge is 2.33. The highest BCUT2D eigenvalue weighted by Crippen LogP contribution is 2.22. The maximum atomic E-state index is 13.2. The zero-order chi connectivity index (χ0) is 23.3. The molecule has 1 aliphatic heterocycles. The number of rotatable bonds is 6. The van der Waals surface area contributed by atoms with Crippen molar-refractivity contribution < 1.29 is 9.59 Å². The Morgan fingerprint density at radius 2 is 1.52 bits per heavy atom. The summed E-state index contributed by atoms with van der Waals surface area (Å²) in [5, 5.41) is 12.4. The van der Waals surface area contributed by atoms with E-state index >= 15 is 0 Å². The van der Waals surface area contributed by atoms with Crippen molar-refractivity contribution in [2.75, 3.05) is 26.2 Å². The molecule has 1 heterocycles. The second-order valence-electron chi connectivity index (χ2n) is 10.2. The molecule has 2 rings (SSSR count). The van der Waals surface area contributed by atoms with Gasteiger partial charge in [0.2, 0.25) is 5.91 Å². The van der Waals surface area contributed by atoms with Crippen molar-refractivity contribution in [3.63, 3.8) is 0 Å². The molecule has 0 aliphatic carbocycles. The lowest BCUT2D eigenvalue weighted by Crippen LogP contribution is -2.58. The first-order chi connectivity index (χ1) is 14.5. The Kier molecular flexibility index (Phi) is 8.25. The van der Waals surface area contributed by atoms with Crippen molar-refractivity contribution in [2.24, 2.45) is 11.8 Å². The first kappa shape index (κ1) is 24.9. The average molecular weight is 427 g/mol. The van der Waals surface area contributed by atoms with E-state index in [9.17, 15) is 14.9 Å². The van der Waals surface area contributed by atoms with Crippen molar-refractivity contribution in [1.82, 2.24) is 15.1 Å². The molecule has 2 amide bonds. The van der Waals surface area contributed by atoms with Gasteiger partial charge in [0, 0.05) is 31.7 Å². The maximum Gasteiger partial charge on any atom is 0.251 e. The molecule has 170 valence electrons. The van der Waals surface area contributed by atoms with E-state index in [2.05, 4.69) is 37.1 Å². The van der Waals surface area contributed by atoms with Crippen LogP contribution in [0.4, 0.5) is 0 Å². The largest absolute Gasteiger partial charge is 0.340 e. The fourth-order valence-electron chi connectivity index (χ4n) is 3.93. The summed E-state index contributed by atoms with van der Waals surface area (Å²) in [7, 11) is 0. The summed E-state index contributed by atoms with van der Waals surface area (Å²) in [6.07, 6.45) is 0. The number of benzene rings is 1. The minimum absolute atomic E-state index is 0.0215. The van der Waals surface area contributed by atoms with Crippen LogP contribution in [-0.4, -0.2) is 59.9 Å². The number of hydrogen-bond donors (Lipinski definition) is 1. The summed E-state index contributed by atoms with van der Waals surface area (Å²) in [6.45, 7) is 16.9. The molecular formula is C25H38N4O2. The molecule has 1 saturated heterocycles. The Labute approximate surface area is 187 Å². The van der Waals surface area contributed by atoms with Crippen LogP contribution in [0.15, 0.2) is 24.3 Å². The summed E-state index contributed by atoms with van der Waals surface area (Å²) in [5.41, 5.74) is 1.74. The van der Waals surface area contributed by atoms with Gasteiger partial charge in [-0.25, -0.2) is 0 Å². The number of piperazine rings is 1. The van der Waals surface area contributed by atoms with E-state index in [1.54, 1.807) is 0 Å². The van der Waals surface area contributed by atoms with Gasteiger partial charge >= 0.3 is 0 Å². The quantitative estimate of drug-likeness (QED) is 0.756. The van der Waals surface area contributed by atoms with Gasteiger partial charge in [-0.3, -0.25) is 14.5 Å². The predicted octanol–water partition coefficient (Wildman–Crippen LogP) is 3.43. The molecule has 1 N–H and O–H groups in total.